The van der Waals surface area contributed by atoms with E-state index in [2.05, 4.69) is 4.72 Å². The minimum absolute atomic E-state index is 0.133. The van der Waals surface area contributed by atoms with Gasteiger partial charge in [0.1, 0.15) is 10.3 Å². The van der Waals surface area contributed by atoms with Crippen molar-refractivity contribution in [1.29, 1.82) is 5.26 Å². The monoisotopic (exact) mass is 278 g/mol. The number of hydrogen-bond acceptors (Lipinski definition) is 4. The van der Waals surface area contributed by atoms with Crippen LogP contribution in [0.3, 0.4) is 0 Å². The number of hydrogen-bond donors (Lipinski definition) is 1. The number of nitrogens with one attached hydrogen (secondary N) is 1. The third-order valence-corrected chi connectivity index (χ3v) is 5.04. The highest BCUT2D eigenvalue weighted by molar-refractivity contribution is 7.91. The summed E-state index contributed by atoms with van der Waals surface area (Å²) in [6, 6.07) is 4.17. The molecule has 0 saturated carbocycles. The highest BCUT2D eigenvalue weighted by Gasteiger charge is 2.20. The Hall–Kier alpha value is -0.610. The van der Waals surface area contributed by atoms with Crippen molar-refractivity contribution >= 4 is 33.0 Å². The third-order valence-electron chi connectivity index (χ3n) is 1.84. The van der Waals surface area contributed by atoms with Crippen molar-refractivity contribution in [3.63, 3.8) is 0 Å². The van der Waals surface area contributed by atoms with Gasteiger partial charge >= 0.3 is 0 Å². The van der Waals surface area contributed by atoms with Crippen LogP contribution in [0, 0.1) is 11.3 Å². The molecular formula is C9H11ClN2O2S2. The van der Waals surface area contributed by atoms with Crippen LogP contribution in [-0.4, -0.2) is 14.5 Å². The lowest BCUT2D eigenvalue weighted by Crippen LogP contribution is -2.33. The van der Waals surface area contributed by atoms with Gasteiger partial charge < -0.3 is 0 Å². The van der Waals surface area contributed by atoms with E-state index < -0.39 is 16.1 Å². The number of rotatable bonds is 5. The number of sulfonamides is 1. The molecule has 0 aliphatic rings. The summed E-state index contributed by atoms with van der Waals surface area (Å²) in [6.45, 7) is 1.89. The molecule has 1 heterocycles. The maximum atomic E-state index is 11.8. The van der Waals surface area contributed by atoms with Crippen LogP contribution in [0.25, 0.3) is 0 Å². The van der Waals surface area contributed by atoms with Gasteiger partial charge in [0.05, 0.1) is 10.4 Å². The maximum Gasteiger partial charge on any atom is 0.251 e. The van der Waals surface area contributed by atoms with Gasteiger partial charge in [-0.2, -0.15) is 9.98 Å². The summed E-state index contributed by atoms with van der Waals surface area (Å²) in [5, 5.41) is 8.77. The van der Waals surface area contributed by atoms with Crippen LogP contribution >= 0.6 is 22.9 Å². The van der Waals surface area contributed by atoms with Crippen molar-refractivity contribution in [2.45, 2.75) is 30.0 Å². The van der Waals surface area contributed by atoms with Crippen molar-refractivity contribution in [2.75, 3.05) is 0 Å². The molecule has 7 heteroatoms. The van der Waals surface area contributed by atoms with E-state index in [4.69, 9.17) is 16.9 Å². The van der Waals surface area contributed by atoms with Crippen molar-refractivity contribution in [1.82, 2.24) is 4.72 Å². The number of nitriles is 1. The number of thiophene rings is 1. The molecule has 0 aliphatic carbocycles. The minimum atomic E-state index is -3.61. The van der Waals surface area contributed by atoms with Crippen molar-refractivity contribution in [3.8, 4) is 6.07 Å². The average molecular weight is 279 g/mol. The predicted octanol–water partition coefficient (Wildman–Crippen LogP) is 2.37. The lowest BCUT2D eigenvalue weighted by molar-refractivity contribution is 0.565. The first kappa shape index (κ1) is 13.5. The van der Waals surface area contributed by atoms with Gasteiger partial charge in [0, 0.05) is 0 Å². The first-order valence-electron chi connectivity index (χ1n) is 4.67. The van der Waals surface area contributed by atoms with Gasteiger partial charge in [0.2, 0.25) is 0 Å². The topological polar surface area (TPSA) is 70.0 Å². The standard InChI is InChI=1S/C9H11ClN2O2S2/c1-2-3-7(6-11)12-16(13,14)9-5-4-8(10)15-9/h4-5,7,12H,2-3H2,1H3. The quantitative estimate of drug-likeness (QED) is 0.899. The molecule has 0 amide bonds. The fourth-order valence-electron chi connectivity index (χ4n) is 1.13. The van der Waals surface area contributed by atoms with Crippen LogP contribution in [0.1, 0.15) is 19.8 Å². The Morgan fingerprint density at radius 3 is 2.75 bits per heavy atom. The Kier molecular flexibility index (Phi) is 4.74. The highest BCUT2D eigenvalue weighted by atomic mass is 35.5. The highest BCUT2D eigenvalue weighted by Crippen LogP contribution is 2.25. The van der Waals surface area contributed by atoms with Gasteiger partial charge in [-0.15, -0.1) is 11.3 Å². The summed E-state index contributed by atoms with van der Waals surface area (Å²) in [6.07, 6.45) is 1.24. The van der Waals surface area contributed by atoms with Gasteiger partial charge in [0.15, 0.2) is 0 Å². The minimum Gasteiger partial charge on any atom is -0.206 e. The lowest BCUT2D eigenvalue weighted by Gasteiger charge is -2.09. The molecule has 1 aromatic heterocycles. The Morgan fingerprint density at radius 2 is 2.31 bits per heavy atom. The molecule has 1 aromatic rings. The summed E-state index contributed by atoms with van der Waals surface area (Å²) in [5.74, 6) is 0. The molecule has 16 heavy (non-hydrogen) atoms. The predicted molar refractivity (Wildman–Crippen MR) is 64.0 cm³/mol. The van der Waals surface area contributed by atoms with Crippen LogP contribution in [0.15, 0.2) is 16.3 Å². The van der Waals surface area contributed by atoms with Gasteiger partial charge in [-0.3, -0.25) is 0 Å². The maximum absolute atomic E-state index is 11.8. The molecule has 1 rings (SSSR count). The van der Waals surface area contributed by atoms with Crippen molar-refractivity contribution in [3.05, 3.63) is 16.5 Å². The van der Waals surface area contributed by atoms with E-state index >= 15 is 0 Å². The van der Waals surface area contributed by atoms with Crippen LogP contribution in [0.2, 0.25) is 4.34 Å². The molecule has 4 nitrogen and oxygen atoms in total. The molecule has 0 spiro atoms. The van der Waals surface area contributed by atoms with E-state index in [0.29, 0.717) is 10.8 Å². The molecule has 0 saturated heterocycles. The fraction of sp³-hybridized carbons (Fsp3) is 0.444. The zero-order valence-electron chi connectivity index (χ0n) is 8.60. The number of halogens is 1. The Bertz CT molecular complexity index is 490. The average Bonchev–Trinajstić information content (AvgIpc) is 2.64. The van der Waals surface area contributed by atoms with E-state index in [1.54, 1.807) is 0 Å². The van der Waals surface area contributed by atoms with Crippen molar-refractivity contribution < 1.29 is 8.42 Å². The summed E-state index contributed by atoms with van der Waals surface area (Å²) in [4.78, 5) is 0. The first-order valence-corrected chi connectivity index (χ1v) is 7.34. The molecule has 0 radical (unpaired) electrons. The molecule has 1 unspecified atom stereocenters. The second-order valence-electron chi connectivity index (χ2n) is 3.15. The molecule has 0 fully saturated rings. The van der Waals surface area contributed by atoms with Crippen LogP contribution < -0.4 is 4.72 Å². The smallest absolute Gasteiger partial charge is 0.206 e. The summed E-state index contributed by atoms with van der Waals surface area (Å²) in [5.41, 5.74) is 0. The van der Waals surface area contributed by atoms with Gasteiger partial charge in [-0.05, 0) is 18.6 Å². The molecule has 0 bridgehead atoms. The Balaban J connectivity index is 2.84. The van der Waals surface area contributed by atoms with Gasteiger partial charge in [0.25, 0.3) is 10.0 Å². The second-order valence-corrected chi connectivity index (χ2v) is 6.81. The van der Waals surface area contributed by atoms with Crippen LogP contribution in [0.5, 0.6) is 0 Å². The molecular weight excluding hydrogens is 268 g/mol. The van der Waals surface area contributed by atoms with Gasteiger partial charge in [-0.1, -0.05) is 24.9 Å². The molecule has 1 atom stereocenters. The SMILES string of the molecule is CCCC(C#N)NS(=O)(=O)c1ccc(Cl)s1. The van der Waals surface area contributed by atoms with Gasteiger partial charge in [-0.25, -0.2) is 8.42 Å². The van der Waals surface area contributed by atoms with Crippen LogP contribution in [0.4, 0.5) is 0 Å². The molecule has 1 N–H and O–H groups in total. The molecule has 88 valence electrons. The first-order chi connectivity index (χ1) is 7.49. The molecule has 0 aliphatic heterocycles. The van der Waals surface area contributed by atoms with E-state index in [-0.39, 0.29) is 4.21 Å². The summed E-state index contributed by atoms with van der Waals surface area (Å²) >= 11 is 6.63. The zero-order valence-corrected chi connectivity index (χ0v) is 11.0. The van der Waals surface area contributed by atoms with E-state index in [9.17, 15) is 8.42 Å². The fourth-order valence-corrected chi connectivity index (χ4v) is 3.80. The molecule has 0 aromatic carbocycles. The third kappa shape index (κ3) is 3.46. The van der Waals surface area contributed by atoms with Crippen molar-refractivity contribution in [2.24, 2.45) is 0 Å². The summed E-state index contributed by atoms with van der Waals surface area (Å²) in [7, 11) is -3.61. The summed E-state index contributed by atoms with van der Waals surface area (Å²) < 4.78 is 26.4. The largest absolute Gasteiger partial charge is 0.251 e. The Labute approximate surface area is 104 Å². The van der Waals surface area contributed by atoms with E-state index in [1.165, 1.54) is 12.1 Å². The number of nitrogens with zero attached hydrogens (tertiary/aromatic N) is 1. The lowest BCUT2D eigenvalue weighted by atomic mass is 10.2. The van der Waals surface area contributed by atoms with E-state index in [1.807, 2.05) is 13.0 Å². The zero-order chi connectivity index (χ0) is 12.2. The van der Waals surface area contributed by atoms with Crippen LogP contribution in [-0.2, 0) is 10.0 Å². The Morgan fingerprint density at radius 1 is 1.62 bits per heavy atom. The van der Waals surface area contributed by atoms with E-state index in [0.717, 1.165) is 17.8 Å². The normalized spacial score (nSPS) is 13.3. The second kappa shape index (κ2) is 5.64.